The van der Waals surface area contributed by atoms with Crippen LogP contribution in [0.2, 0.25) is 0 Å². The number of aromatic nitrogens is 3. The highest BCUT2D eigenvalue weighted by molar-refractivity contribution is 7.92. The molecule has 0 bridgehead atoms. The SMILES string of the molecule is CO.Cc1cc(OCC(=O)NC(CCC(=O)OCCS(=O)(=O)c2cccc([N+](=O)[O-])c2)C(=O)OCCS(=O)(=O)c2cccc([N+](=O)[O-])c2)cc(C)c1S(=O)(=O)n1c(S(=O)Cc2nccc(OCC(F)(F)F)c2C)nc2ccccc21. The quantitative estimate of drug-likeness (QED) is 0.0435. The maximum Gasteiger partial charge on any atom is 0.422 e. The van der Waals surface area contributed by atoms with Crippen molar-refractivity contribution in [1.82, 2.24) is 19.3 Å². The number of carbonyl (C=O) groups excluding carboxylic acids is 3. The molecule has 6 rings (SSSR count). The second-order valence-electron chi connectivity index (χ2n) is 16.8. The van der Waals surface area contributed by atoms with Gasteiger partial charge in [-0.25, -0.2) is 39.0 Å². The average Bonchev–Trinajstić information content (AvgIpc) is 3.82. The van der Waals surface area contributed by atoms with Crippen LogP contribution in [0.1, 0.15) is 35.2 Å². The van der Waals surface area contributed by atoms with Crippen LogP contribution in [0.3, 0.4) is 0 Å². The van der Waals surface area contributed by atoms with E-state index in [4.69, 9.17) is 24.1 Å². The Morgan fingerprint density at radius 2 is 1.35 bits per heavy atom. The molecule has 2 atom stereocenters. The van der Waals surface area contributed by atoms with Crippen LogP contribution in [-0.2, 0) is 70.1 Å². The van der Waals surface area contributed by atoms with E-state index in [1.54, 1.807) is 6.07 Å². The minimum atomic E-state index is -4.70. The number of sulfone groups is 2. The summed E-state index contributed by atoms with van der Waals surface area (Å²) in [4.78, 5) is 67.6. The van der Waals surface area contributed by atoms with Gasteiger partial charge in [-0.2, -0.15) is 13.2 Å². The van der Waals surface area contributed by atoms with Crippen LogP contribution in [0.25, 0.3) is 11.0 Å². The summed E-state index contributed by atoms with van der Waals surface area (Å²) in [5, 5.41) is 31.2. The molecular weight excluding hydrogens is 1150 g/mol. The number of halogens is 3. The van der Waals surface area contributed by atoms with E-state index >= 15 is 0 Å². The van der Waals surface area contributed by atoms with Crippen LogP contribution >= 0.6 is 0 Å². The summed E-state index contributed by atoms with van der Waals surface area (Å²) in [7, 11) is -14.5. The van der Waals surface area contributed by atoms with E-state index in [0.29, 0.717) is 0 Å². The number of esters is 2. The second kappa shape index (κ2) is 26.8. The van der Waals surface area contributed by atoms with Crippen molar-refractivity contribution < 1.29 is 90.9 Å². The second-order valence-corrected chi connectivity index (χ2v) is 24.1. The number of rotatable bonds is 25. The predicted octanol–water partition coefficient (Wildman–Crippen LogP) is 4.95. The molecule has 0 aliphatic heterocycles. The molecule has 25 nitrogen and oxygen atoms in total. The molecule has 2 unspecified atom stereocenters. The highest BCUT2D eigenvalue weighted by Gasteiger charge is 2.33. The summed E-state index contributed by atoms with van der Waals surface area (Å²) in [5.41, 5.74) is -0.574. The zero-order valence-electron chi connectivity index (χ0n) is 42.5. The van der Waals surface area contributed by atoms with Gasteiger partial charge in [-0.3, -0.25) is 39.0 Å². The van der Waals surface area contributed by atoms with E-state index in [-0.39, 0.29) is 49.8 Å². The Kier molecular flexibility index (Phi) is 21.1. The van der Waals surface area contributed by atoms with Crippen LogP contribution in [0, 0.1) is 41.0 Å². The molecule has 1 amide bonds. The number of pyridine rings is 1. The summed E-state index contributed by atoms with van der Waals surface area (Å²) in [6, 6.07) is 16.2. The minimum Gasteiger partial charge on any atom is -0.484 e. The Labute approximate surface area is 456 Å². The first-order chi connectivity index (χ1) is 37.6. The van der Waals surface area contributed by atoms with Gasteiger partial charge in [-0.15, -0.1) is 0 Å². The number of aryl methyl sites for hydroxylation is 2. The zero-order valence-corrected chi connectivity index (χ0v) is 45.7. The molecule has 0 saturated heterocycles. The average molecular weight is 1200 g/mol. The van der Waals surface area contributed by atoms with Crippen LogP contribution in [0.5, 0.6) is 11.5 Å². The number of hydrogen-bond donors (Lipinski definition) is 2. The molecule has 0 saturated carbocycles. The molecule has 32 heteroatoms. The van der Waals surface area contributed by atoms with E-state index in [0.717, 1.165) is 65.8 Å². The topological polar surface area (TPSA) is 357 Å². The Morgan fingerprint density at radius 1 is 0.787 bits per heavy atom. The fraction of sp³-hybridized carbons (Fsp3) is 0.312. The number of hydrogen-bond acceptors (Lipinski definition) is 21. The first kappa shape index (κ1) is 62.9. The van der Waals surface area contributed by atoms with Gasteiger partial charge < -0.3 is 29.4 Å². The minimum absolute atomic E-state index is 0.0279. The van der Waals surface area contributed by atoms with Gasteiger partial charge in [0.25, 0.3) is 27.3 Å². The first-order valence-electron chi connectivity index (χ1n) is 23.1. The van der Waals surface area contributed by atoms with Crippen molar-refractivity contribution in [3.63, 3.8) is 0 Å². The van der Waals surface area contributed by atoms with Gasteiger partial charge in [0.2, 0.25) is 5.16 Å². The number of alkyl halides is 3. The van der Waals surface area contributed by atoms with Gasteiger partial charge >= 0.3 is 18.1 Å². The van der Waals surface area contributed by atoms with Crippen molar-refractivity contribution in [2.75, 3.05) is 45.0 Å². The number of aliphatic hydroxyl groups excluding tert-OH is 1. The summed E-state index contributed by atoms with van der Waals surface area (Å²) >= 11 is 0. The van der Waals surface area contributed by atoms with E-state index in [2.05, 4.69) is 15.3 Å². The smallest absolute Gasteiger partial charge is 0.422 e. The van der Waals surface area contributed by atoms with Gasteiger partial charge in [0, 0.05) is 49.6 Å². The molecule has 2 N–H and O–H groups in total. The molecule has 4 aromatic carbocycles. The standard InChI is InChI=1S/C47H45F3N6O18S4.CH4O/c1-29-22-34(23-30(2)44(29)78(69,70)54-40-13-5-4-12-37(40)53-46(54)75(64)27-39-31(3)41(16-17-51-39)74-28-47(48,49)50)73-26-42(57)52-38(45(59)72-19-21-77(67,68)36-11-7-9-33(25-36)56(62)63)14-15-43(58)71-18-20-76(65,66)35-10-6-8-32(24-35)55(60)61;1-2/h4-13,16-17,22-25,38H,14-15,18-21,26-28H2,1-3H3,(H,52,57);2H,1H3. The van der Waals surface area contributed by atoms with E-state index in [1.807, 2.05) is 0 Å². The Balaban J connectivity index is 0.00000581. The molecule has 6 aromatic rings. The number of benzene rings is 4. The third-order valence-corrected chi connectivity index (χ3v) is 17.9. The maximum absolute atomic E-state index is 14.7. The van der Waals surface area contributed by atoms with Gasteiger partial charge in [-0.1, -0.05) is 24.3 Å². The Hall–Kier alpha value is -7.94. The monoisotopic (exact) mass is 1200 g/mol. The number of carbonyl (C=O) groups is 3. The molecule has 2 heterocycles. The third kappa shape index (κ3) is 16.3. The molecule has 0 fully saturated rings. The molecule has 2 aromatic heterocycles. The van der Waals surface area contributed by atoms with Gasteiger partial charge in [0.05, 0.1) is 69.3 Å². The van der Waals surface area contributed by atoms with Gasteiger partial charge in [-0.05, 0) is 80.8 Å². The summed E-state index contributed by atoms with van der Waals surface area (Å²) in [6.45, 7) is 0.176. The van der Waals surface area contributed by atoms with Crippen LogP contribution in [0.4, 0.5) is 24.5 Å². The molecule has 0 aliphatic rings. The van der Waals surface area contributed by atoms with Crippen molar-refractivity contribution in [1.29, 1.82) is 0 Å². The lowest BCUT2D eigenvalue weighted by Crippen LogP contribution is -2.44. The summed E-state index contributed by atoms with van der Waals surface area (Å²) in [6.07, 6.45) is -4.73. The van der Waals surface area contributed by atoms with Crippen molar-refractivity contribution in [3.8, 4) is 11.5 Å². The Bertz CT molecular complexity index is 3670. The van der Waals surface area contributed by atoms with Crippen molar-refractivity contribution in [2.24, 2.45) is 0 Å². The normalized spacial score (nSPS) is 12.6. The highest BCUT2D eigenvalue weighted by atomic mass is 32.2. The van der Waals surface area contributed by atoms with Crippen LogP contribution in [-0.4, -0.2) is 133 Å². The molecule has 0 spiro atoms. The van der Waals surface area contributed by atoms with E-state index < -0.39 is 163 Å². The van der Waals surface area contributed by atoms with Crippen molar-refractivity contribution >= 4 is 80.8 Å². The number of non-ortho nitro benzene ring substituents is 2. The number of nitrogens with zero attached hydrogens (tertiary/aromatic N) is 5. The van der Waals surface area contributed by atoms with E-state index in [1.165, 1.54) is 57.2 Å². The number of nitrogens with one attached hydrogen (secondary N) is 1. The van der Waals surface area contributed by atoms with E-state index in [9.17, 15) is 77.2 Å². The van der Waals surface area contributed by atoms with Crippen LogP contribution < -0.4 is 14.8 Å². The lowest BCUT2D eigenvalue weighted by molar-refractivity contribution is -0.385. The molecule has 430 valence electrons. The number of imidazole rings is 1. The number of aliphatic hydroxyl groups is 1. The zero-order chi connectivity index (χ0) is 59.3. The predicted molar refractivity (Wildman–Crippen MR) is 276 cm³/mol. The van der Waals surface area contributed by atoms with Gasteiger partial charge in [0.1, 0.15) is 30.8 Å². The third-order valence-electron chi connectivity index (χ3n) is 11.2. The fourth-order valence-corrected chi connectivity index (χ4v) is 13.2. The summed E-state index contributed by atoms with van der Waals surface area (Å²) < 4.78 is 155. The Morgan fingerprint density at radius 3 is 1.91 bits per heavy atom. The molecular formula is C48H49F3N6O19S4. The number of para-hydroxylation sites is 2. The molecule has 0 radical (unpaired) electrons. The summed E-state index contributed by atoms with van der Waals surface area (Å²) in [5.74, 6) is -5.75. The number of nitro benzene ring substituents is 2. The number of fused-ring (bicyclic) bond motifs is 1. The molecule has 0 aliphatic carbocycles. The molecule has 80 heavy (non-hydrogen) atoms. The van der Waals surface area contributed by atoms with Gasteiger partial charge in [0.15, 0.2) is 32.9 Å². The fourth-order valence-electron chi connectivity index (χ4n) is 7.46. The number of ether oxygens (including phenoxy) is 4. The van der Waals surface area contributed by atoms with Crippen molar-refractivity contribution in [2.45, 2.75) is 71.4 Å². The first-order valence-corrected chi connectivity index (χ1v) is 29.1. The van der Waals surface area contributed by atoms with Crippen molar-refractivity contribution in [3.05, 3.63) is 140 Å². The van der Waals surface area contributed by atoms with Crippen LogP contribution in [0.15, 0.2) is 117 Å². The highest BCUT2D eigenvalue weighted by Crippen LogP contribution is 2.33. The maximum atomic E-state index is 14.7. The number of nitro groups is 2. The number of amides is 1. The largest absolute Gasteiger partial charge is 0.484 e. The lowest BCUT2D eigenvalue weighted by atomic mass is 10.1. The lowest BCUT2D eigenvalue weighted by Gasteiger charge is -2.19.